The molecule has 3 heterocycles. The molecule has 0 aromatic heterocycles. The van der Waals surface area contributed by atoms with Crippen LogP contribution in [0, 0.1) is 18.3 Å². The third-order valence-corrected chi connectivity index (χ3v) is 8.91. The van der Waals surface area contributed by atoms with Crippen molar-refractivity contribution in [2.75, 3.05) is 0 Å². The van der Waals surface area contributed by atoms with Crippen LogP contribution in [0.2, 0.25) is 0 Å². The first-order chi connectivity index (χ1) is 19.6. The number of aryl methyl sites for hydroxylation is 1. The largest absolute Gasteiger partial charge is 0.395 e. The second kappa shape index (κ2) is 11.0. The van der Waals surface area contributed by atoms with Crippen LogP contribution in [0.5, 0.6) is 0 Å². The molecule has 0 saturated heterocycles. The van der Waals surface area contributed by atoms with Crippen molar-refractivity contribution in [2.24, 2.45) is 22.1 Å². The number of nitrogens with zero attached hydrogens (tertiary/aromatic N) is 2. The molecule has 4 unspecified atom stereocenters. The summed E-state index contributed by atoms with van der Waals surface area (Å²) in [5.41, 5.74) is 10.1. The molecule has 3 N–H and O–H groups in total. The lowest BCUT2D eigenvalue weighted by atomic mass is 9.83. The standard InChI is InChI=1S/C33H41F3N4O2/c1-18-6-10-22-15-29(41)40(31(37)38-22)28-16-26(33(34,35)36)23-11-9-21(14-25(23)28)30(42)39-27(17-32(3,4)5)24-13-20(12-18)8-7-19(24)2/h7-9,11,13-14,18,22,26-28H,6,10,12,15-17H2,1-5H3,(H2,37,38)(H,39,42)/t18?,22?,26?,27?,28-/m1/s1. The molecule has 4 aliphatic rings. The average Bonchev–Trinajstić information content (AvgIpc) is 3.26. The average molecular weight is 583 g/mol. The molecule has 3 aliphatic heterocycles. The minimum atomic E-state index is -4.51. The first-order valence-corrected chi connectivity index (χ1v) is 14.9. The van der Waals surface area contributed by atoms with Gasteiger partial charge in [-0.05, 0) is 90.3 Å². The lowest BCUT2D eigenvalue weighted by Gasteiger charge is -2.34. The number of fused-ring (bicyclic) bond motifs is 6. The zero-order valence-electron chi connectivity index (χ0n) is 25.0. The molecule has 2 aromatic carbocycles. The summed E-state index contributed by atoms with van der Waals surface area (Å²) >= 11 is 0. The number of alkyl halides is 3. The summed E-state index contributed by atoms with van der Waals surface area (Å²) in [6.45, 7) is 10.6. The molecule has 0 fully saturated rings. The van der Waals surface area contributed by atoms with Gasteiger partial charge in [-0.25, -0.2) is 4.99 Å². The third-order valence-electron chi connectivity index (χ3n) is 8.91. The summed E-state index contributed by atoms with van der Waals surface area (Å²) in [5.74, 6) is -2.20. The second-order valence-corrected chi connectivity index (χ2v) is 13.7. The van der Waals surface area contributed by atoms with Crippen molar-refractivity contribution >= 4 is 17.8 Å². The van der Waals surface area contributed by atoms with Gasteiger partial charge < -0.3 is 11.1 Å². The van der Waals surface area contributed by atoms with Gasteiger partial charge >= 0.3 is 6.18 Å². The quantitative estimate of drug-likeness (QED) is 0.384. The van der Waals surface area contributed by atoms with Crippen LogP contribution in [0.1, 0.15) is 116 Å². The molecule has 6 nitrogen and oxygen atoms in total. The molecule has 0 saturated carbocycles. The number of nitrogens with two attached hydrogens (primary N) is 1. The Bertz CT molecular complexity index is 1410. The fraction of sp³-hybridized carbons (Fsp3) is 0.545. The maximum absolute atomic E-state index is 14.2. The Morgan fingerprint density at radius 2 is 1.74 bits per heavy atom. The number of benzene rings is 2. The normalized spacial score (nSPS) is 26.9. The molecule has 5 atom stereocenters. The number of guanidine groups is 1. The van der Waals surface area contributed by atoms with Gasteiger partial charge in [0.1, 0.15) is 0 Å². The summed E-state index contributed by atoms with van der Waals surface area (Å²) in [6.07, 6.45) is -1.76. The number of nitrogens with one attached hydrogen (secondary N) is 1. The molecule has 226 valence electrons. The predicted molar refractivity (Wildman–Crippen MR) is 157 cm³/mol. The Labute approximate surface area is 245 Å². The van der Waals surface area contributed by atoms with Gasteiger partial charge in [0.05, 0.1) is 24.0 Å². The van der Waals surface area contributed by atoms with Gasteiger partial charge in [-0.2, -0.15) is 13.2 Å². The highest BCUT2D eigenvalue weighted by Crippen LogP contribution is 2.51. The van der Waals surface area contributed by atoms with Gasteiger partial charge in [0.25, 0.3) is 5.91 Å². The van der Waals surface area contributed by atoms with Crippen molar-refractivity contribution < 1.29 is 22.8 Å². The minimum Gasteiger partial charge on any atom is -0.369 e. The fourth-order valence-electron chi connectivity index (χ4n) is 6.84. The molecule has 6 bridgehead atoms. The number of aliphatic imine (C=N–C) groups is 1. The molecular weight excluding hydrogens is 541 g/mol. The Kier molecular flexibility index (Phi) is 7.92. The maximum atomic E-state index is 14.2. The summed E-state index contributed by atoms with van der Waals surface area (Å²) in [4.78, 5) is 33.0. The van der Waals surface area contributed by atoms with Crippen LogP contribution in [-0.2, 0) is 11.2 Å². The topological polar surface area (TPSA) is 87.8 Å². The number of carbonyl (C=O) groups is 2. The Morgan fingerprint density at radius 1 is 1.00 bits per heavy atom. The summed E-state index contributed by atoms with van der Waals surface area (Å²) in [5, 5.41) is 3.20. The van der Waals surface area contributed by atoms with E-state index >= 15 is 0 Å². The van der Waals surface area contributed by atoms with Crippen molar-refractivity contribution in [3.05, 3.63) is 69.8 Å². The minimum absolute atomic E-state index is 0.0490. The number of amides is 2. The molecule has 6 rings (SSSR count). The number of halogens is 3. The van der Waals surface area contributed by atoms with E-state index in [4.69, 9.17) is 5.73 Å². The van der Waals surface area contributed by atoms with Crippen molar-refractivity contribution in [2.45, 2.75) is 103 Å². The van der Waals surface area contributed by atoms with Crippen LogP contribution in [-0.4, -0.2) is 34.9 Å². The van der Waals surface area contributed by atoms with E-state index in [1.54, 1.807) is 0 Å². The first-order valence-electron chi connectivity index (χ1n) is 14.9. The first kappa shape index (κ1) is 30.1. The van der Waals surface area contributed by atoms with Crippen LogP contribution in [0.3, 0.4) is 0 Å². The maximum Gasteiger partial charge on any atom is 0.395 e. The van der Waals surface area contributed by atoms with Gasteiger partial charge in [0.15, 0.2) is 5.96 Å². The van der Waals surface area contributed by atoms with Crippen LogP contribution in [0.25, 0.3) is 0 Å². The monoisotopic (exact) mass is 582 g/mol. The summed E-state index contributed by atoms with van der Waals surface area (Å²) < 4.78 is 42.6. The summed E-state index contributed by atoms with van der Waals surface area (Å²) in [6, 6.07) is 9.20. The molecule has 9 heteroatoms. The molecule has 0 radical (unpaired) electrons. The second-order valence-electron chi connectivity index (χ2n) is 13.7. The van der Waals surface area contributed by atoms with Crippen molar-refractivity contribution in [3.8, 4) is 0 Å². The molecular formula is C33H41F3N4O2. The third kappa shape index (κ3) is 6.20. The van der Waals surface area contributed by atoms with Crippen LogP contribution in [0.4, 0.5) is 13.2 Å². The molecule has 2 amide bonds. The van der Waals surface area contributed by atoms with E-state index < -0.39 is 18.1 Å². The van der Waals surface area contributed by atoms with Crippen LogP contribution in [0.15, 0.2) is 41.4 Å². The van der Waals surface area contributed by atoms with Crippen LogP contribution < -0.4 is 11.1 Å². The van der Waals surface area contributed by atoms with Gasteiger partial charge in [0, 0.05) is 12.0 Å². The van der Waals surface area contributed by atoms with Gasteiger partial charge in [-0.3, -0.25) is 14.5 Å². The number of carbonyl (C=O) groups excluding carboxylic acids is 2. The highest BCUT2D eigenvalue weighted by molar-refractivity contribution is 5.99. The SMILES string of the molecule is Cc1ccc2cc1C(CC(C)(C)C)NC(=O)c1ccc3c(c1)[C@@H](CC3C(F)(F)F)N1C(=O)CC(CCC(C)C2)N=C1N. The lowest BCUT2D eigenvalue weighted by Crippen LogP contribution is -2.48. The Balaban J connectivity index is 1.63. The van der Waals surface area contributed by atoms with E-state index in [9.17, 15) is 22.8 Å². The zero-order valence-corrected chi connectivity index (χ0v) is 25.0. The molecule has 2 aromatic rings. The molecule has 42 heavy (non-hydrogen) atoms. The van der Waals surface area contributed by atoms with Gasteiger partial charge in [0.2, 0.25) is 5.91 Å². The van der Waals surface area contributed by atoms with E-state index in [0.29, 0.717) is 24.3 Å². The molecule has 0 spiro atoms. The van der Waals surface area contributed by atoms with E-state index in [1.165, 1.54) is 28.7 Å². The fourth-order valence-corrected chi connectivity index (χ4v) is 6.84. The highest BCUT2D eigenvalue weighted by Gasteiger charge is 2.50. The van der Waals surface area contributed by atoms with Gasteiger partial charge in [-0.1, -0.05) is 52.0 Å². The van der Waals surface area contributed by atoms with Crippen molar-refractivity contribution in [1.82, 2.24) is 10.2 Å². The van der Waals surface area contributed by atoms with Crippen LogP contribution >= 0.6 is 0 Å². The van der Waals surface area contributed by atoms with Crippen molar-refractivity contribution in [3.63, 3.8) is 0 Å². The summed E-state index contributed by atoms with van der Waals surface area (Å²) in [7, 11) is 0. The van der Waals surface area contributed by atoms with E-state index in [0.717, 1.165) is 24.0 Å². The Hall–Kier alpha value is -3.36. The number of rotatable bonds is 1. The van der Waals surface area contributed by atoms with Gasteiger partial charge in [-0.15, -0.1) is 0 Å². The zero-order chi connectivity index (χ0) is 30.6. The predicted octanol–water partition coefficient (Wildman–Crippen LogP) is 6.88. The lowest BCUT2D eigenvalue weighted by molar-refractivity contribution is -0.153. The van der Waals surface area contributed by atoms with E-state index in [1.807, 2.05) is 6.92 Å². The van der Waals surface area contributed by atoms with Crippen molar-refractivity contribution in [1.29, 1.82) is 0 Å². The molecule has 1 aliphatic carbocycles. The Morgan fingerprint density at radius 3 is 2.40 bits per heavy atom. The highest BCUT2D eigenvalue weighted by atomic mass is 19.4. The van der Waals surface area contributed by atoms with E-state index in [2.05, 4.69) is 56.2 Å². The number of hydrogen-bond donors (Lipinski definition) is 2. The van der Waals surface area contributed by atoms with E-state index in [-0.39, 0.29) is 59.2 Å². The smallest absolute Gasteiger partial charge is 0.369 e. The number of hydrogen-bond acceptors (Lipinski definition) is 4.